The van der Waals surface area contributed by atoms with Gasteiger partial charge in [0, 0.05) is 0 Å². The molecule has 0 N–H and O–H groups in total. The van der Waals surface area contributed by atoms with Crippen molar-refractivity contribution >= 4 is 5.69 Å². The summed E-state index contributed by atoms with van der Waals surface area (Å²) in [6.07, 6.45) is -2.34. The Balaban J connectivity index is 3.33. The molecule has 1 rings (SSSR count). The molecule has 0 unspecified atom stereocenters. The molecule has 0 atom stereocenters. The van der Waals surface area contributed by atoms with Crippen molar-refractivity contribution in [2.75, 3.05) is 0 Å². The minimum Gasteiger partial charge on any atom is -0.258 e. The molecule has 0 saturated heterocycles. The Morgan fingerprint density at radius 1 is 1.64 bits per heavy atom. The third-order valence-corrected chi connectivity index (χ3v) is 1.46. The van der Waals surface area contributed by atoms with E-state index in [9.17, 15) is 18.9 Å². The summed E-state index contributed by atoms with van der Waals surface area (Å²) in [7, 11) is 0. The lowest BCUT2D eigenvalue weighted by atomic mass is 10.2. The van der Waals surface area contributed by atoms with E-state index >= 15 is 0 Å². The van der Waals surface area contributed by atoms with E-state index in [2.05, 4.69) is 4.98 Å². The largest absolute Gasteiger partial charge is 0.296 e. The molecule has 0 saturated carbocycles. The van der Waals surface area contributed by atoms with Crippen LogP contribution in [0.1, 0.15) is 17.7 Å². The predicted molar refractivity (Wildman–Crippen MR) is 40.6 cm³/mol. The number of nitriles is 1. The molecule has 0 radical (unpaired) electrons. The standard InChI is InChI=1S/C7H3F2N3O2/c8-7(9)5-1-4(2-10)11-3-6(5)12(13)14/h1,3,7H. The topological polar surface area (TPSA) is 79.8 Å². The van der Waals surface area contributed by atoms with Crippen LogP contribution >= 0.6 is 0 Å². The van der Waals surface area contributed by atoms with Crippen molar-refractivity contribution in [2.24, 2.45) is 0 Å². The molecule has 0 aliphatic carbocycles. The van der Waals surface area contributed by atoms with Crippen LogP contribution in [0.2, 0.25) is 0 Å². The van der Waals surface area contributed by atoms with Crippen LogP contribution in [0.25, 0.3) is 0 Å². The SMILES string of the molecule is N#Cc1cc(C(F)F)c([N+](=O)[O-])cn1. The lowest BCUT2D eigenvalue weighted by Crippen LogP contribution is -1.98. The Kier molecular flexibility index (Phi) is 2.67. The van der Waals surface area contributed by atoms with E-state index < -0.39 is 22.6 Å². The average Bonchev–Trinajstić information content (AvgIpc) is 2.16. The molecule has 7 heteroatoms. The highest BCUT2D eigenvalue weighted by molar-refractivity contribution is 5.42. The summed E-state index contributed by atoms with van der Waals surface area (Å²) in [4.78, 5) is 12.6. The second kappa shape index (κ2) is 3.74. The summed E-state index contributed by atoms with van der Waals surface area (Å²) in [5, 5.41) is 18.6. The van der Waals surface area contributed by atoms with Crippen LogP contribution in [0, 0.1) is 21.4 Å². The number of halogens is 2. The van der Waals surface area contributed by atoms with Crippen LogP contribution in [-0.2, 0) is 0 Å². The highest BCUT2D eigenvalue weighted by Gasteiger charge is 2.22. The average molecular weight is 199 g/mol. The van der Waals surface area contributed by atoms with Crippen LogP contribution in [0.3, 0.4) is 0 Å². The third kappa shape index (κ3) is 1.80. The Labute approximate surface area is 76.8 Å². The van der Waals surface area contributed by atoms with Gasteiger partial charge in [0.25, 0.3) is 12.1 Å². The van der Waals surface area contributed by atoms with Crippen LogP contribution < -0.4 is 0 Å². The number of hydrogen-bond donors (Lipinski definition) is 0. The number of nitro groups is 1. The minimum atomic E-state index is -2.99. The highest BCUT2D eigenvalue weighted by atomic mass is 19.3. The van der Waals surface area contributed by atoms with Crippen molar-refractivity contribution in [1.82, 2.24) is 4.98 Å². The van der Waals surface area contributed by atoms with Gasteiger partial charge >= 0.3 is 0 Å². The zero-order valence-electron chi connectivity index (χ0n) is 6.65. The number of pyridine rings is 1. The van der Waals surface area contributed by atoms with E-state index in [1.165, 1.54) is 6.07 Å². The Morgan fingerprint density at radius 3 is 2.71 bits per heavy atom. The summed E-state index contributed by atoms with van der Waals surface area (Å²) < 4.78 is 24.5. The van der Waals surface area contributed by atoms with Gasteiger partial charge in [0.05, 0.1) is 10.5 Å². The van der Waals surface area contributed by atoms with Crippen molar-refractivity contribution < 1.29 is 13.7 Å². The van der Waals surface area contributed by atoms with E-state index in [0.717, 1.165) is 0 Å². The van der Waals surface area contributed by atoms with Crippen molar-refractivity contribution in [3.63, 3.8) is 0 Å². The number of aromatic nitrogens is 1. The predicted octanol–water partition coefficient (Wildman–Crippen LogP) is 1.80. The van der Waals surface area contributed by atoms with E-state index in [4.69, 9.17) is 5.26 Å². The summed E-state index contributed by atoms with van der Waals surface area (Å²) in [6.45, 7) is 0. The molecule has 0 aliphatic rings. The Bertz CT molecular complexity index is 414. The van der Waals surface area contributed by atoms with Gasteiger partial charge in [-0.3, -0.25) is 10.1 Å². The van der Waals surface area contributed by atoms with Gasteiger partial charge in [-0.2, -0.15) is 5.26 Å². The molecule has 0 fully saturated rings. The molecule has 0 amide bonds. The van der Waals surface area contributed by atoms with Crippen LogP contribution in [0.4, 0.5) is 14.5 Å². The third-order valence-electron chi connectivity index (χ3n) is 1.46. The fourth-order valence-corrected chi connectivity index (χ4v) is 0.852. The second-order valence-corrected chi connectivity index (χ2v) is 2.30. The molecular weight excluding hydrogens is 196 g/mol. The zero-order valence-corrected chi connectivity index (χ0v) is 6.65. The van der Waals surface area contributed by atoms with Crippen LogP contribution in [0.15, 0.2) is 12.3 Å². The van der Waals surface area contributed by atoms with Crippen molar-refractivity contribution in [1.29, 1.82) is 5.26 Å². The first-order valence-electron chi connectivity index (χ1n) is 3.39. The molecule has 5 nitrogen and oxygen atoms in total. The summed E-state index contributed by atoms with van der Waals surface area (Å²) in [5.41, 5.74) is -1.84. The number of alkyl halides is 2. The van der Waals surface area contributed by atoms with E-state index in [1.807, 2.05) is 0 Å². The van der Waals surface area contributed by atoms with Gasteiger partial charge in [-0.25, -0.2) is 13.8 Å². The lowest BCUT2D eigenvalue weighted by Gasteiger charge is -2.00. The van der Waals surface area contributed by atoms with E-state index in [-0.39, 0.29) is 5.69 Å². The van der Waals surface area contributed by atoms with Crippen molar-refractivity contribution in [3.8, 4) is 6.07 Å². The monoisotopic (exact) mass is 199 g/mol. The molecule has 72 valence electrons. The minimum absolute atomic E-state index is 0.272. The van der Waals surface area contributed by atoms with Crippen LogP contribution in [0.5, 0.6) is 0 Å². The van der Waals surface area contributed by atoms with Crippen LogP contribution in [-0.4, -0.2) is 9.91 Å². The number of nitrogens with zero attached hydrogens (tertiary/aromatic N) is 3. The molecule has 0 spiro atoms. The molecule has 1 aromatic heterocycles. The number of rotatable bonds is 2. The van der Waals surface area contributed by atoms with Gasteiger partial charge in [0.15, 0.2) is 0 Å². The fraction of sp³-hybridized carbons (Fsp3) is 0.143. The first-order valence-corrected chi connectivity index (χ1v) is 3.39. The summed E-state index contributed by atoms with van der Waals surface area (Å²) in [5.74, 6) is 0. The van der Waals surface area contributed by atoms with Gasteiger partial charge in [-0.1, -0.05) is 0 Å². The molecule has 0 aromatic carbocycles. The zero-order chi connectivity index (χ0) is 10.7. The van der Waals surface area contributed by atoms with Gasteiger partial charge in [0.2, 0.25) is 0 Å². The van der Waals surface area contributed by atoms with Gasteiger partial charge in [-0.05, 0) is 6.07 Å². The molecule has 14 heavy (non-hydrogen) atoms. The highest BCUT2D eigenvalue weighted by Crippen LogP contribution is 2.28. The smallest absolute Gasteiger partial charge is 0.258 e. The molecule has 1 aromatic rings. The maximum absolute atomic E-state index is 12.3. The summed E-state index contributed by atoms with van der Waals surface area (Å²) >= 11 is 0. The number of hydrogen-bond acceptors (Lipinski definition) is 4. The normalized spacial score (nSPS) is 9.86. The first kappa shape index (κ1) is 9.98. The maximum Gasteiger partial charge on any atom is 0.296 e. The molecular formula is C7H3F2N3O2. The molecule has 0 bridgehead atoms. The molecule has 0 aliphatic heterocycles. The quantitative estimate of drug-likeness (QED) is 0.537. The summed E-state index contributed by atoms with van der Waals surface area (Å²) in [6, 6.07) is 2.23. The van der Waals surface area contributed by atoms with Crippen molar-refractivity contribution in [2.45, 2.75) is 6.43 Å². The van der Waals surface area contributed by atoms with Gasteiger partial charge < -0.3 is 0 Å². The first-order chi connectivity index (χ1) is 6.56. The lowest BCUT2D eigenvalue weighted by molar-refractivity contribution is -0.386. The fourth-order valence-electron chi connectivity index (χ4n) is 0.852. The van der Waals surface area contributed by atoms with Gasteiger partial charge in [0.1, 0.15) is 18.0 Å². The Hall–Kier alpha value is -2.10. The van der Waals surface area contributed by atoms with Crippen molar-refractivity contribution in [3.05, 3.63) is 33.6 Å². The van der Waals surface area contributed by atoms with Gasteiger partial charge in [-0.15, -0.1) is 0 Å². The van der Waals surface area contributed by atoms with E-state index in [1.54, 1.807) is 0 Å². The van der Waals surface area contributed by atoms with E-state index in [0.29, 0.717) is 12.3 Å². The second-order valence-electron chi connectivity index (χ2n) is 2.30. The molecule has 1 heterocycles. The Morgan fingerprint density at radius 2 is 2.29 bits per heavy atom. The maximum atomic E-state index is 12.3.